The van der Waals surface area contributed by atoms with Crippen LogP contribution in [0.1, 0.15) is 13.8 Å². The Hall–Kier alpha value is 0.680. The van der Waals surface area contributed by atoms with E-state index >= 15 is 0 Å². The van der Waals surface area contributed by atoms with E-state index in [2.05, 4.69) is 45.4 Å². The van der Waals surface area contributed by atoms with Gasteiger partial charge in [-0.15, -0.1) is 0 Å². The van der Waals surface area contributed by atoms with Gasteiger partial charge in [0.05, 0.1) is 0 Å². The number of carbonyl (C=O) groups is 1. The predicted molar refractivity (Wildman–Crippen MR) is 55.2 cm³/mol. The molecule has 1 rings (SSSR count). The van der Waals surface area contributed by atoms with E-state index in [1.807, 2.05) is 6.92 Å². The molecule has 1 saturated heterocycles. The Morgan fingerprint density at radius 2 is 2.27 bits per heavy atom. The molecule has 0 N–H and O–H groups in total. The summed E-state index contributed by atoms with van der Waals surface area (Å²) in [5, 5.41) is 0. The lowest BCUT2D eigenvalue weighted by molar-refractivity contribution is -0.140. The second-order valence-corrected chi connectivity index (χ2v) is 5.79. The summed E-state index contributed by atoms with van der Waals surface area (Å²) in [4.78, 5) is 10.9. The number of hydrogen-bond acceptors (Lipinski definition) is 2. The third-order valence-electron chi connectivity index (χ3n) is 1.91. The van der Waals surface area contributed by atoms with Crippen molar-refractivity contribution >= 4 is 44.5 Å². The number of carbonyl (C=O) groups excluding carboxylic acids is 1. The number of esters is 1. The Bertz CT molecular complexity index is 172. The van der Waals surface area contributed by atoms with Crippen molar-refractivity contribution in [3.8, 4) is 0 Å². The zero-order valence-electron chi connectivity index (χ0n) is 6.38. The number of hydrogen-bond donors (Lipinski definition) is 0. The zero-order chi connectivity index (χ0) is 8.59. The topological polar surface area (TPSA) is 26.3 Å². The van der Waals surface area contributed by atoms with Crippen molar-refractivity contribution in [1.82, 2.24) is 0 Å². The quantitative estimate of drug-likeness (QED) is 0.418. The monoisotopic (exact) mass is 332 g/mol. The fourth-order valence-corrected chi connectivity index (χ4v) is 2.41. The molecule has 2 nitrogen and oxygen atoms in total. The van der Waals surface area contributed by atoms with Crippen molar-refractivity contribution in [3.05, 3.63) is 0 Å². The Kier molecular flexibility index (Phi) is 3.19. The number of cyclic esters (lactones) is 1. The number of rotatable bonds is 1. The van der Waals surface area contributed by atoms with Gasteiger partial charge in [-0.05, 0) is 6.92 Å². The average molecular weight is 333 g/mol. The van der Waals surface area contributed by atoms with E-state index in [4.69, 9.17) is 4.74 Å². The van der Waals surface area contributed by atoms with Crippen molar-refractivity contribution in [3.63, 3.8) is 0 Å². The lowest BCUT2D eigenvalue weighted by atomic mass is 10.0. The first-order chi connectivity index (χ1) is 5.04. The van der Waals surface area contributed by atoms with Crippen LogP contribution in [0.3, 0.4) is 0 Å². The summed E-state index contributed by atoms with van der Waals surface area (Å²) in [5.41, 5.74) is 0. The largest absolute Gasteiger partial charge is 0.460 e. The fourth-order valence-electron chi connectivity index (χ4n) is 1.20. The van der Waals surface area contributed by atoms with Gasteiger partial charge in [0.2, 0.25) is 0 Å². The van der Waals surface area contributed by atoms with E-state index in [1.165, 1.54) is 0 Å². The van der Waals surface area contributed by atoms with Gasteiger partial charge in [0, 0.05) is 9.84 Å². The highest BCUT2D eigenvalue weighted by atomic mass is 127. The maximum atomic E-state index is 11.0. The summed E-state index contributed by atoms with van der Waals surface area (Å²) in [6.07, 6.45) is 0.0764. The van der Waals surface area contributed by atoms with E-state index in [0.29, 0.717) is 3.92 Å². The van der Waals surface area contributed by atoms with Crippen LogP contribution in [0.5, 0.6) is 0 Å². The average Bonchev–Trinajstić information content (AvgIpc) is 2.17. The van der Waals surface area contributed by atoms with Crippen molar-refractivity contribution in [2.75, 3.05) is 0 Å². The van der Waals surface area contributed by atoms with Crippen LogP contribution in [0, 0.1) is 5.92 Å². The number of alkyl halides is 2. The highest BCUT2D eigenvalue weighted by Crippen LogP contribution is 2.32. The van der Waals surface area contributed by atoms with Crippen molar-refractivity contribution < 1.29 is 9.53 Å². The van der Waals surface area contributed by atoms with Gasteiger partial charge in [-0.3, -0.25) is 4.79 Å². The van der Waals surface area contributed by atoms with Crippen LogP contribution in [0.2, 0.25) is 0 Å². The molecule has 4 atom stereocenters. The first-order valence-corrected chi connectivity index (χ1v) is 5.69. The molecule has 0 aromatic rings. The summed E-state index contributed by atoms with van der Waals surface area (Å²) >= 11 is 5.58. The van der Waals surface area contributed by atoms with Gasteiger partial charge in [0.1, 0.15) is 10.9 Å². The molecular formula is C7H10BrIO2. The lowest BCUT2D eigenvalue weighted by Crippen LogP contribution is -2.24. The van der Waals surface area contributed by atoms with Gasteiger partial charge in [0.15, 0.2) is 0 Å². The molecule has 1 fully saturated rings. The Morgan fingerprint density at radius 1 is 1.73 bits per heavy atom. The maximum Gasteiger partial charge on any atom is 0.320 e. The molecule has 0 aromatic heterocycles. The molecule has 0 amide bonds. The molecule has 64 valence electrons. The van der Waals surface area contributed by atoms with Gasteiger partial charge in [-0.1, -0.05) is 45.4 Å². The molecule has 0 saturated carbocycles. The first kappa shape index (κ1) is 9.77. The van der Waals surface area contributed by atoms with Crippen molar-refractivity contribution in [2.45, 2.75) is 28.7 Å². The molecule has 0 aliphatic carbocycles. The van der Waals surface area contributed by atoms with E-state index in [-0.39, 0.29) is 22.8 Å². The molecular weight excluding hydrogens is 323 g/mol. The first-order valence-electron chi connectivity index (χ1n) is 3.52. The van der Waals surface area contributed by atoms with Crippen LogP contribution in [-0.2, 0) is 9.53 Å². The van der Waals surface area contributed by atoms with E-state index < -0.39 is 0 Å². The second kappa shape index (κ2) is 3.60. The second-order valence-electron chi connectivity index (χ2n) is 2.84. The van der Waals surface area contributed by atoms with Crippen LogP contribution in [0.15, 0.2) is 0 Å². The van der Waals surface area contributed by atoms with Crippen molar-refractivity contribution in [1.29, 1.82) is 0 Å². The third-order valence-corrected chi connectivity index (χ3v) is 3.83. The Morgan fingerprint density at radius 3 is 2.45 bits per heavy atom. The normalized spacial score (nSPS) is 40.4. The van der Waals surface area contributed by atoms with Gasteiger partial charge < -0.3 is 4.74 Å². The molecule has 4 heteroatoms. The highest BCUT2D eigenvalue weighted by Gasteiger charge is 2.41. The van der Waals surface area contributed by atoms with Gasteiger partial charge in [-0.25, -0.2) is 0 Å². The van der Waals surface area contributed by atoms with E-state index in [1.54, 1.807) is 0 Å². The van der Waals surface area contributed by atoms with Crippen LogP contribution in [0.25, 0.3) is 0 Å². The smallest absolute Gasteiger partial charge is 0.320 e. The SMILES string of the molecule is C[C@@H]1[C@@H]([C@@H](C)I)OC(=O)[C@@H]1Br. The Labute approximate surface area is 88.3 Å². The fraction of sp³-hybridized carbons (Fsp3) is 0.857. The highest BCUT2D eigenvalue weighted by molar-refractivity contribution is 14.1. The summed E-state index contributed by atoms with van der Waals surface area (Å²) in [5.74, 6) is 0.167. The standard InChI is InChI=1S/C7H10BrIO2/c1-3-5(8)7(10)11-6(3)4(2)9/h3-6H,1-2H3/t3-,4+,5+,6-/m0/s1. The molecule has 1 aliphatic rings. The van der Waals surface area contributed by atoms with Crippen LogP contribution >= 0.6 is 38.5 Å². The molecule has 0 bridgehead atoms. The molecule has 1 aliphatic heterocycles. The summed E-state index contributed by atoms with van der Waals surface area (Å²) in [6.45, 7) is 4.09. The number of halogens is 2. The summed E-state index contributed by atoms with van der Waals surface area (Å²) in [7, 11) is 0. The molecule has 11 heavy (non-hydrogen) atoms. The van der Waals surface area contributed by atoms with Crippen LogP contribution < -0.4 is 0 Å². The molecule has 0 radical (unpaired) electrons. The minimum Gasteiger partial charge on any atom is -0.460 e. The zero-order valence-corrected chi connectivity index (χ0v) is 10.1. The Balaban J connectivity index is 2.67. The van der Waals surface area contributed by atoms with Gasteiger partial charge in [0.25, 0.3) is 0 Å². The molecule has 0 unspecified atom stereocenters. The lowest BCUT2D eigenvalue weighted by Gasteiger charge is -2.16. The minimum absolute atomic E-state index is 0.0764. The van der Waals surface area contributed by atoms with E-state index in [9.17, 15) is 4.79 Å². The molecule has 0 spiro atoms. The molecule has 1 heterocycles. The van der Waals surface area contributed by atoms with E-state index in [0.717, 1.165) is 0 Å². The van der Waals surface area contributed by atoms with Gasteiger partial charge in [-0.2, -0.15) is 0 Å². The number of ether oxygens (including phenoxy) is 1. The van der Waals surface area contributed by atoms with Crippen LogP contribution in [0.4, 0.5) is 0 Å². The molecule has 0 aromatic carbocycles. The summed E-state index contributed by atoms with van der Waals surface area (Å²) in [6, 6.07) is 0. The summed E-state index contributed by atoms with van der Waals surface area (Å²) < 4.78 is 5.54. The maximum absolute atomic E-state index is 11.0. The van der Waals surface area contributed by atoms with Gasteiger partial charge >= 0.3 is 5.97 Å². The van der Waals surface area contributed by atoms with Crippen LogP contribution in [-0.4, -0.2) is 20.8 Å². The minimum atomic E-state index is -0.119. The van der Waals surface area contributed by atoms with Crippen molar-refractivity contribution in [2.24, 2.45) is 5.92 Å². The third kappa shape index (κ3) is 1.88. The predicted octanol–water partition coefficient (Wildman–Crippen LogP) is 2.13.